The van der Waals surface area contributed by atoms with E-state index in [9.17, 15) is 13.2 Å². The molecule has 0 bridgehead atoms. The number of carbonyl (C=O) groups excluding carboxylic acids is 1. The summed E-state index contributed by atoms with van der Waals surface area (Å²) in [7, 11) is -3.46. The molecule has 0 saturated heterocycles. The Morgan fingerprint density at radius 1 is 0.971 bits per heavy atom. The number of anilines is 1. The van der Waals surface area contributed by atoms with Gasteiger partial charge in [0.1, 0.15) is 0 Å². The van der Waals surface area contributed by atoms with E-state index in [1.165, 1.54) is 34.5 Å². The summed E-state index contributed by atoms with van der Waals surface area (Å²) < 4.78 is 26.2. The second kappa shape index (κ2) is 10.0. The molecule has 3 aromatic rings. The van der Waals surface area contributed by atoms with E-state index in [1.54, 1.807) is 18.2 Å². The zero-order chi connectivity index (χ0) is 24.3. The molecule has 3 aromatic carbocycles. The Morgan fingerprint density at radius 3 is 2.35 bits per heavy atom. The number of sulfonamides is 1. The normalized spacial score (nSPS) is 14.2. The third-order valence-corrected chi connectivity index (χ3v) is 7.59. The van der Waals surface area contributed by atoms with E-state index in [4.69, 9.17) is 0 Å². The molecule has 34 heavy (non-hydrogen) atoms. The lowest BCUT2D eigenvalue weighted by molar-refractivity contribution is 0.0940. The minimum Gasteiger partial charge on any atom is -0.346 e. The summed E-state index contributed by atoms with van der Waals surface area (Å²) >= 11 is 0. The van der Waals surface area contributed by atoms with Gasteiger partial charge in [0.05, 0.1) is 24.5 Å². The van der Waals surface area contributed by atoms with E-state index in [2.05, 4.69) is 23.5 Å². The fraction of sp³-hybridized carbons (Fsp3) is 0.321. The maximum Gasteiger partial charge on any atom is 0.251 e. The van der Waals surface area contributed by atoms with Crippen LogP contribution >= 0.6 is 0 Å². The van der Waals surface area contributed by atoms with E-state index < -0.39 is 10.0 Å². The largest absolute Gasteiger partial charge is 0.346 e. The molecular weight excluding hydrogens is 444 g/mol. The quantitative estimate of drug-likeness (QED) is 0.501. The van der Waals surface area contributed by atoms with Gasteiger partial charge in [0, 0.05) is 5.56 Å². The first-order valence-corrected chi connectivity index (χ1v) is 13.6. The molecule has 1 amide bonds. The SMILES string of the molecule is Cc1cccc(N(Cc2ccc(C(=O)N[C@H](C)c3ccc4c(c3)CCCC4)cc2)S(C)(=O)=O)c1. The van der Waals surface area contributed by atoms with Crippen molar-refractivity contribution in [3.63, 3.8) is 0 Å². The number of carbonyl (C=O) groups is 1. The minimum atomic E-state index is -3.46. The highest BCUT2D eigenvalue weighted by molar-refractivity contribution is 7.92. The molecule has 1 atom stereocenters. The summed E-state index contributed by atoms with van der Waals surface area (Å²) in [4.78, 5) is 12.9. The summed E-state index contributed by atoms with van der Waals surface area (Å²) in [6.45, 7) is 4.14. The van der Waals surface area contributed by atoms with Crippen LogP contribution in [0.4, 0.5) is 5.69 Å². The predicted molar refractivity (Wildman–Crippen MR) is 138 cm³/mol. The van der Waals surface area contributed by atoms with Gasteiger partial charge in [0.2, 0.25) is 10.0 Å². The number of rotatable bonds is 7. The van der Waals surface area contributed by atoms with E-state index in [0.717, 1.165) is 29.5 Å². The molecule has 0 spiro atoms. The summed E-state index contributed by atoms with van der Waals surface area (Å²) in [6.07, 6.45) is 5.94. The van der Waals surface area contributed by atoms with Crippen molar-refractivity contribution in [3.05, 3.63) is 100 Å². The molecule has 178 valence electrons. The van der Waals surface area contributed by atoms with Gasteiger partial charge in [-0.15, -0.1) is 0 Å². The van der Waals surface area contributed by atoms with Crippen LogP contribution in [0.2, 0.25) is 0 Å². The molecule has 0 saturated carbocycles. The van der Waals surface area contributed by atoms with Crippen LogP contribution in [0.3, 0.4) is 0 Å². The molecule has 0 aliphatic heterocycles. The van der Waals surface area contributed by atoms with Crippen LogP contribution in [-0.4, -0.2) is 20.6 Å². The Kier molecular flexibility index (Phi) is 7.08. The van der Waals surface area contributed by atoms with Crippen molar-refractivity contribution in [2.75, 3.05) is 10.6 Å². The summed E-state index contributed by atoms with van der Waals surface area (Å²) in [5.41, 5.74) is 6.93. The minimum absolute atomic E-state index is 0.0959. The van der Waals surface area contributed by atoms with Crippen molar-refractivity contribution >= 4 is 21.6 Å². The molecule has 0 heterocycles. The average Bonchev–Trinajstić information content (AvgIpc) is 2.81. The van der Waals surface area contributed by atoms with Crippen molar-refractivity contribution in [1.82, 2.24) is 5.32 Å². The van der Waals surface area contributed by atoms with E-state index >= 15 is 0 Å². The van der Waals surface area contributed by atoms with E-state index in [1.807, 2.05) is 44.2 Å². The van der Waals surface area contributed by atoms with E-state index in [0.29, 0.717) is 11.3 Å². The Balaban J connectivity index is 1.44. The molecule has 0 aromatic heterocycles. The van der Waals surface area contributed by atoms with Gasteiger partial charge in [0.25, 0.3) is 5.91 Å². The molecule has 0 unspecified atom stereocenters. The van der Waals surface area contributed by atoms with Crippen LogP contribution in [-0.2, 0) is 29.4 Å². The maximum absolute atomic E-state index is 12.9. The predicted octanol–water partition coefficient (Wildman–Crippen LogP) is 5.33. The highest BCUT2D eigenvalue weighted by Crippen LogP contribution is 2.25. The first-order chi connectivity index (χ1) is 16.2. The highest BCUT2D eigenvalue weighted by Gasteiger charge is 2.19. The van der Waals surface area contributed by atoms with Crippen molar-refractivity contribution in [1.29, 1.82) is 0 Å². The zero-order valence-corrected chi connectivity index (χ0v) is 20.9. The summed E-state index contributed by atoms with van der Waals surface area (Å²) in [5, 5.41) is 3.09. The van der Waals surface area contributed by atoms with Gasteiger partial charge >= 0.3 is 0 Å². The monoisotopic (exact) mass is 476 g/mol. The number of amides is 1. The van der Waals surface area contributed by atoms with Gasteiger partial charge < -0.3 is 5.32 Å². The zero-order valence-electron chi connectivity index (χ0n) is 20.0. The van der Waals surface area contributed by atoms with Crippen molar-refractivity contribution in [2.45, 2.75) is 52.1 Å². The van der Waals surface area contributed by atoms with Gasteiger partial charge in [-0.25, -0.2) is 8.42 Å². The second-order valence-electron chi connectivity index (χ2n) is 9.24. The van der Waals surface area contributed by atoms with Gasteiger partial charge in [-0.1, -0.05) is 42.5 Å². The number of fused-ring (bicyclic) bond motifs is 1. The smallest absolute Gasteiger partial charge is 0.251 e. The summed E-state index contributed by atoms with van der Waals surface area (Å²) in [5.74, 6) is -0.143. The van der Waals surface area contributed by atoms with Gasteiger partial charge in [-0.3, -0.25) is 9.10 Å². The van der Waals surface area contributed by atoms with E-state index in [-0.39, 0.29) is 18.5 Å². The van der Waals surface area contributed by atoms with Crippen LogP contribution in [0, 0.1) is 6.92 Å². The third kappa shape index (κ3) is 5.68. The van der Waals surface area contributed by atoms with Crippen LogP contribution in [0.15, 0.2) is 66.7 Å². The van der Waals surface area contributed by atoms with Crippen molar-refractivity contribution in [2.24, 2.45) is 0 Å². The molecule has 5 nitrogen and oxygen atoms in total. The Hall–Kier alpha value is -3.12. The number of hydrogen-bond acceptors (Lipinski definition) is 3. The molecule has 0 radical (unpaired) electrons. The molecular formula is C28H32N2O3S. The van der Waals surface area contributed by atoms with Gasteiger partial charge in [0.15, 0.2) is 0 Å². The highest BCUT2D eigenvalue weighted by atomic mass is 32.2. The topological polar surface area (TPSA) is 66.5 Å². The second-order valence-corrected chi connectivity index (χ2v) is 11.1. The Bertz CT molecular complexity index is 1280. The van der Waals surface area contributed by atoms with Crippen molar-refractivity contribution in [3.8, 4) is 0 Å². The fourth-order valence-corrected chi connectivity index (χ4v) is 5.38. The fourth-order valence-electron chi connectivity index (χ4n) is 4.50. The number of benzene rings is 3. The molecule has 1 aliphatic carbocycles. The lowest BCUT2D eigenvalue weighted by atomic mass is 9.89. The number of nitrogens with one attached hydrogen (secondary N) is 1. The molecule has 0 fully saturated rings. The molecule has 4 rings (SSSR count). The van der Waals surface area contributed by atoms with Crippen LogP contribution < -0.4 is 9.62 Å². The number of hydrogen-bond donors (Lipinski definition) is 1. The van der Waals surface area contributed by atoms with Crippen molar-refractivity contribution < 1.29 is 13.2 Å². The maximum atomic E-state index is 12.9. The molecule has 1 N–H and O–H groups in total. The number of nitrogens with zero attached hydrogens (tertiary/aromatic N) is 1. The average molecular weight is 477 g/mol. The first-order valence-electron chi connectivity index (χ1n) is 11.8. The lowest BCUT2D eigenvalue weighted by Crippen LogP contribution is -2.29. The Labute approximate surface area is 202 Å². The Morgan fingerprint density at radius 2 is 1.68 bits per heavy atom. The van der Waals surface area contributed by atoms with Crippen LogP contribution in [0.25, 0.3) is 0 Å². The first kappa shape index (κ1) is 24.0. The van der Waals surface area contributed by atoms with Crippen LogP contribution in [0.1, 0.15) is 64.0 Å². The van der Waals surface area contributed by atoms with Gasteiger partial charge in [-0.2, -0.15) is 0 Å². The summed E-state index contributed by atoms with van der Waals surface area (Å²) in [6, 6.07) is 21.0. The van der Waals surface area contributed by atoms with Gasteiger partial charge in [-0.05, 0) is 91.6 Å². The lowest BCUT2D eigenvalue weighted by Gasteiger charge is -2.23. The standard InChI is InChI=1S/C28H32N2O3S/c1-20-7-6-10-27(17-20)30(34(3,32)33)19-22-11-13-24(14-12-22)28(31)29-21(2)25-16-15-23-8-4-5-9-26(23)18-25/h6-7,10-18,21H,4-5,8-9,19H2,1-3H3,(H,29,31)/t21-/m1/s1. The molecule has 1 aliphatic rings. The number of aryl methyl sites for hydroxylation is 3. The third-order valence-electron chi connectivity index (χ3n) is 6.45. The molecule has 6 heteroatoms. The van der Waals surface area contributed by atoms with Crippen LogP contribution in [0.5, 0.6) is 0 Å².